The molecule has 0 spiro atoms. The van der Waals surface area contributed by atoms with Crippen LogP contribution in [0.5, 0.6) is 11.5 Å². The normalized spacial score (nSPS) is 12.8. The van der Waals surface area contributed by atoms with Crippen molar-refractivity contribution in [2.75, 3.05) is 10.9 Å². The number of rotatable bonds is 5. The summed E-state index contributed by atoms with van der Waals surface area (Å²) in [7, 11) is 0. The maximum atomic E-state index is 6.71. The zero-order chi connectivity index (χ0) is 36.5. The summed E-state index contributed by atoms with van der Waals surface area (Å²) < 4.78 is 8.66. The lowest BCUT2D eigenvalue weighted by atomic mass is 9.95. The lowest BCUT2D eigenvalue weighted by molar-refractivity contribution is 0.466. The Hall–Kier alpha value is -7.57. The van der Waals surface area contributed by atoms with Crippen molar-refractivity contribution in [3.8, 4) is 50.6 Å². The van der Waals surface area contributed by atoms with Crippen LogP contribution >= 0.6 is 0 Å². The van der Waals surface area contributed by atoms with E-state index in [4.69, 9.17) is 15.6 Å². The number of nitrogens with one attached hydrogen (secondary N) is 1. The van der Waals surface area contributed by atoms with Crippen molar-refractivity contribution in [2.24, 2.45) is 5.10 Å². The van der Waals surface area contributed by atoms with Gasteiger partial charge in [-0.05, 0) is 95.1 Å². The summed E-state index contributed by atoms with van der Waals surface area (Å²) in [5.74, 6) is 1.59. The SMILES string of the molecule is Nc1ccccc1-c1cc(-c2ccc3c(c2)c2ccccc2n3-c2cccc(-c3ccccc3)c2)ccc1N1N=c2cccc3c2=C(N1)c1ccccc1O3. The summed E-state index contributed by atoms with van der Waals surface area (Å²) in [5.41, 5.74) is 23.8. The summed E-state index contributed by atoms with van der Waals surface area (Å²) in [6.45, 7) is 0. The van der Waals surface area contributed by atoms with Crippen molar-refractivity contribution >= 4 is 38.9 Å². The highest BCUT2D eigenvalue weighted by molar-refractivity contribution is 6.10. The molecular weight excluding hydrogens is 675 g/mol. The topological polar surface area (TPSA) is 67.8 Å². The van der Waals surface area contributed by atoms with Gasteiger partial charge in [-0.3, -0.25) is 5.43 Å². The highest BCUT2D eigenvalue weighted by atomic mass is 16.5. The molecule has 2 aliphatic rings. The number of aromatic nitrogens is 1. The highest BCUT2D eigenvalue weighted by Crippen LogP contribution is 2.41. The Morgan fingerprint density at radius 2 is 1.18 bits per heavy atom. The Morgan fingerprint density at radius 1 is 0.491 bits per heavy atom. The minimum Gasteiger partial charge on any atom is -0.456 e. The third kappa shape index (κ3) is 5.00. The third-order valence-corrected chi connectivity index (χ3v) is 10.7. The van der Waals surface area contributed by atoms with E-state index in [-0.39, 0.29) is 0 Å². The van der Waals surface area contributed by atoms with Crippen molar-refractivity contribution in [3.05, 3.63) is 198 Å². The first-order valence-corrected chi connectivity index (χ1v) is 18.4. The van der Waals surface area contributed by atoms with Gasteiger partial charge in [0.25, 0.3) is 0 Å². The predicted octanol–water partition coefficient (Wildman–Crippen LogP) is 10.2. The van der Waals surface area contributed by atoms with Crippen molar-refractivity contribution in [1.82, 2.24) is 9.99 Å². The van der Waals surface area contributed by atoms with E-state index in [2.05, 4.69) is 137 Å². The Labute approximate surface area is 317 Å². The van der Waals surface area contributed by atoms with Gasteiger partial charge in [0.15, 0.2) is 0 Å². The maximum Gasteiger partial charge on any atom is 0.139 e. The van der Waals surface area contributed by atoms with E-state index in [1.54, 1.807) is 0 Å². The molecule has 0 unspecified atom stereocenters. The summed E-state index contributed by atoms with van der Waals surface area (Å²) in [5, 5.41) is 11.2. The molecule has 0 saturated heterocycles. The molecule has 9 aromatic rings. The summed E-state index contributed by atoms with van der Waals surface area (Å²) in [6.07, 6.45) is 0. The van der Waals surface area contributed by atoms with Crippen LogP contribution in [0.25, 0.3) is 66.6 Å². The van der Waals surface area contributed by atoms with Crippen molar-refractivity contribution in [2.45, 2.75) is 0 Å². The molecule has 260 valence electrons. The van der Waals surface area contributed by atoms with Crippen LogP contribution in [0.1, 0.15) is 5.56 Å². The van der Waals surface area contributed by atoms with Crippen LogP contribution in [0.4, 0.5) is 11.4 Å². The van der Waals surface area contributed by atoms with E-state index in [0.29, 0.717) is 5.69 Å². The van der Waals surface area contributed by atoms with Crippen LogP contribution < -0.4 is 31.6 Å². The number of hydrogen-bond donors (Lipinski definition) is 2. The molecule has 0 atom stereocenters. The van der Waals surface area contributed by atoms with Crippen LogP contribution in [0.15, 0.2) is 187 Å². The molecule has 2 aliphatic heterocycles. The quantitative estimate of drug-likeness (QED) is 0.175. The largest absolute Gasteiger partial charge is 0.456 e. The van der Waals surface area contributed by atoms with E-state index >= 15 is 0 Å². The first-order valence-electron chi connectivity index (χ1n) is 18.4. The fourth-order valence-corrected chi connectivity index (χ4v) is 8.17. The molecule has 11 rings (SSSR count). The fraction of sp³-hybridized carbons (Fsp3) is 0. The smallest absolute Gasteiger partial charge is 0.139 e. The van der Waals surface area contributed by atoms with Crippen LogP contribution in [0.3, 0.4) is 0 Å². The summed E-state index contributed by atoms with van der Waals surface area (Å²) in [4.78, 5) is 0. The number of benzene rings is 8. The van der Waals surface area contributed by atoms with Crippen LogP contribution in [0, 0.1) is 0 Å². The molecule has 6 heteroatoms. The monoisotopic (exact) mass is 707 g/mol. The number of anilines is 2. The maximum absolute atomic E-state index is 6.71. The number of nitrogens with zero attached hydrogens (tertiary/aromatic N) is 3. The van der Waals surface area contributed by atoms with Crippen molar-refractivity contribution in [3.63, 3.8) is 0 Å². The molecule has 0 bridgehead atoms. The average molecular weight is 708 g/mol. The molecule has 0 saturated carbocycles. The number of hydrogen-bond acceptors (Lipinski definition) is 5. The van der Waals surface area contributed by atoms with E-state index in [1.807, 2.05) is 59.7 Å². The molecule has 3 N–H and O–H groups in total. The first-order chi connectivity index (χ1) is 27.2. The van der Waals surface area contributed by atoms with Crippen molar-refractivity contribution in [1.29, 1.82) is 0 Å². The van der Waals surface area contributed by atoms with Gasteiger partial charge in [0, 0.05) is 38.8 Å². The molecule has 6 nitrogen and oxygen atoms in total. The van der Waals surface area contributed by atoms with Gasteiger partial charge >= 0.3 is 0 Å². The van der Waals surface area contributed by atoms with Gasteiger partial charge in [-0.1, -0.05) is 109 Å². The van der Waals surface area contributed by atoms with Gasteiger partial charge in [-0.15, -0.1) is 0 Å². The van der Waals surface area contributed by atoms with Gasteiger partial charge in [-0.25, -0.2) is 0 Å². The molecule has 0 radical (unpaired) electrons. The summed E-state index contributed by atoms with van der Waals surface area (Å²) >= 11 is 0. The number of fused-ring (bicyclic) bond motifs is 5. The van der Waals surface area contributed by atoms with Gasteiger partial charge in [0.05, 0.1) is 33.0 Å². The number of nitrogens with two attached hydrogens (primary N) is 1. The zero-order valence-electron chi connectivity index (χ0n) is 29.6. The second kappa shape index (κ2) is 12.3. The minimum absolute atomic E-state index is 0.695. The second-order valence-electron chi connectivity index (χ2n) is 14.0. The Balaban J connectivity index is 1.06. The molecule has 0 amide bonds. The molecular formula is C49H33N5O. The van der Waals surface area contributed by atoms with Crippen LogP contribution in [-0.4, -0.2) is 4.57 Å². The summed E-state index contributed by atoms with van der Waals surface area (Å²) in [6, 6.07) is 63.5. The zero-order valence-corrected chi connectivity index (χ0v) is 29.6. The number of ether oxygens (including phenoxy) is 1. The Morgan fingerprint density at radius 3 is 2.09 bits per heavy atom. The van der Waals surface area contributed by atoms with E-state index < -0.39 is 0 Å². The van der Waals surface area contributed by atoms with E-state index in [0.717, 1.165) is 72.5 Å². The van der Waals surface area contributed by atoms with Crippen LogP contribution in [0.2, 0.25) is 0 Å². The molecule has 3 heterocycles. The van der Waals surface area contributed by atoms with E-state index in [1.165, 1.54) is 27.4 Å². The Bertz CT molecular complexity index is 3130. The molecule has 8 aromatic carbocycles. The lowest BCUT2D eigenvalue weighted by Gasteiger charge is -2.31. The molecule has 1 aromatic heterocycles. The second-order valence-corrected chi connectivity index (χ2v) is 14.0. The number of nitrogen functional groups attached to an aromatic ring is 1. The van der Waals surface area contributed by atoms with Gasteiger partial charge in [0.1, 0.15) is 11.5 Å². The molecule has 55 heavy (non-hydrogen) atoms. The average Bonchev–Trinajstić information content (AvgIpc) is 3.58. The molecule has 0 aliphatic carbocycles. The van der Waals surface area contributed by atoms with E-state index in [9.17, 15) is 0 Å². The van der Waals surface area contributed by atoms with Crippen LogP contribution in [-0.2, 0) is 0 Å². The number of para-hydroxylation sites is 3. The van der Waals surface area contributed by atoms with Gasteiger partial charge < -0.3 is 15.0 Å². The molecule has 0 fully saturated rings. The highest BCUT2D eigenvalue weighted by Gasteiger charge is 2.26. The fourth-order valence-electron chi connectivity index (χ4n) is 8.17. The lowest BCUT2D eigenvalue weighted by Crippen LogP contribution is -2.48. The minimum atomic E-state index is 0.695. The predicted molar refractivity (Wildman–Crippen MR) is 223 cm³/mol. The number of hydrazine groups is 1. The standard InChI is InChI=1S/C49H33N5O/c50-41-19-7-4-16-36(41)39-29-34(25-27-45(39)54-51-42-20-11-23-47-48(42)49(52-54)38-18-6-9-22-46(38)55-47)33-24-26-44-40(30-33)37-17-5-8-21-43(37)53(44)35-15-10-14-32(28-35)31-12-2-1-3-13-31/h1-30,52H,50H2. The van der Waals surface area contributed by atoms with Gasteiger partial charge in [0.2, 0.25) is 0 Å². The van der Waals surface area contributed by atoms with Crippen molar-refractivity contribution < 1.29 is 4.74 Å². The Kier molecular flexibility index (Phi) is 6.91. The van der Waals surface area contributed by atoms with Gasteiger partial charge in [-0.2, -0.15) is 10.2 Å². The third-order valence-electron chi connectivity index (χ3n) is 10.7. The first kappa shape index (κ1) is 31.0.